The SMILES string of the molecule is Cc1ccc(S(=O)(=O)OCCCCCCCCCCCCCCC(=O)O)cc1. The van der Waals surface area contributed by atoms with Crippen LogP contribution in [0, 0.1) is 6.92 Å². The zero-order valence-electron chi connectivity index (χ0n) is 17.2. The molecular weight excluding hydrogens is 376 g/mol. The molecule has 1 N–H and O–H groups in total. The molecule has 0 bridgehead atoms. The first-order valence-corrected chi connectivity index (χ1v) is 12.0. The molecule has 0 aliphatic carbocycles. The van der Waals surface area contributed by atoms with E-state index in [0.29, 0.717) is 6.42 Å². The molecule has 0 saturated carbocycles. The van der Waals surface area contributed by atoms with Crippen molar-refractivity contribution >= 4 is 16.1 Å². The summed E-state index contributed by atoms with van der Waals surface area (Å²) >= 11 is 0. The van der Waals surface area contributed by atoms with E-state index in [-0.39, 0.29) is 11.5 Å². The number of carboxylic acid groups (broad SMARTS) is 1. The van der Waals surface area contributed by atoms with E-state index in [0.717, 1.165) is 44.1 Å². The largest absolute Gasteiger partial charge is 0.481 e. The van der Waals surface area contributed by atoms with Crippen molar-refractivity contribution in [2.75, 3.05) is 6.61 Å². The van der Waals surface area contributed by atoms with Crippen LogP contribution in [-0.4, -0.2) is 26.1 Å². The summed E-state index contributed by atoms with van der Waals surface area (Å²) in [6, 6.07) is 6.72. The predicted molar refractivity (Wildman–Crippen MR) is 112 cm³/mol. The van der Waals surface area contributed by atoms with E-state index in [1.54, 1.807) is 24.3 Å². The molecular formula is C22H36O5S. The molecule has 0 atom stereocenters. The van der Waals surface area contributed by atoms with Gasteiger partial charge >= 0.3 is 5.97 Å². The highest BCUT2D eigenvalue weighted by atomic mass is 32.2. The average Bonchev–Trinajstić information content (AvgIpc) is 2.65. The van der Waals surface area contributed by atoms with Gasteiger partial charge in [-0.15, -0.1) is 0 Å². The molecule has 0 amide bonds. The lowest BCUT2D eigenvalue weighted by molar-refractivity contribution is -0.137. The molecule has 0 aliphatic heterocycles. The molecule has 6 heteroatoms. The van der Waals surface area contributed by atoms with Crippen LogP contribution in [0.15, 0.2) is 29.2 Å². The molecule has 0 fully saturated rings. The standard InChI is InChI=1S/C22H36O5S/c1-20-15-17-21(18-16-20)28(25,26)27-19-13-11-9-7-5-3-2-4-6-8-10-12-14-22(23)24/h15-18H,2-14,19H2,1H3,(H,23,24). The topological polar surface area (TPSA) is 80.7 Å². The van der Waals surface area contributed by atoms with E-state index < -0.39 is 16.1 Å². The van der Waals surface area contributed by atoms with Crippen LogP contribution in [0.25, 0.3) is 0 Å². The Morgan fingerprint density at radius 2 is 1.21 bits per heavy atom. The summed E-state index contributed by atoms with van der Waals surface area (Å²) in [4.78, 5) is 10.6. The zero-order valence-corrected chi connectivity index (χ0v) is 18.0. The van der Waals surface area contributed by atoms with Crippen LogP contribution in [-0.2, 0) is 19.1 Å². The summed E-state index contributed by atoms with van der Waals surface area (Å²) in [6.45, 7) is 2.17. The second-order valence-electron chi connectivity index (χ2n) is 7.48. The van der Waals surface area contributed by atoms with Crippen molar-refractivity contribution < 1.29 is 22.5 Å². The van der Waals surface area contributed by atoms with E-state index >= 15 is 0 Å². The van der Waals surface area contributed by atoms with Gasteiger partial charge in [0.15, 0.2) is 0 Å². The van der Waals surface area contributed by atoms with Crippen LogP contribution < -0.4 is 0 Å². The number of hydrogen-bond acceptors (Lipinski definition) is 4. The third-order valence-corrected chi connectivity index (χ3v) is 6.16. The zero-order chi connectivity index (χ0) is 20.7. The second kappa shape index (κ2) is 14.6. The minimum atomic E-state index is -3.63. The molecule has 0 spiro atoms. The summed E-state index contributed by atoms with van der Waals surface area (Å²) in [7, 11) is -3.63. The average molecular weight is 413 g/mol. The lowest BCUT2D eigenvalue weighted by Crippen LogP contribution is -2.07. The maximum absolute atomic E-state index is 12.0. The van der Waals surface area contributed by atoms with Crippen LogP contribution in [0.3, 0.4) is 0 Å². The van der Waals surface area contributed by atoms with Crippen molar-refractivity contribution in [3.63, 3.8) is 0 Å². The van der Waals surface area contributed by atoms with Crippen LogP contribution in [0.2, 0.25) is 0 Å². The van der Waals surface area contributed by atoms with Gasteiger partial charge in [-0.05, 0) is 31.9 Å². The molecule has 160 valence electrons. The number of carboxylic acids is 1. The van der Waals surface area contributed by atoms with Gasteiger partial charge in [0.1, 0.15) is 0 Å². The highest BCUT2D eigenvalue weighted by Crippen LogP contribution is 2.15. The molecule has 1 aromatic rings. The number of hydrogen-bond donors (Lipinski definition) is 1. The number of aryl methyl sites for hydroxylation is 1. The summed E-state index contributed by atoms with van der Waals surface area (Å²) in [5.41, 5.74) is 1.02. The van der Waals surface area contributed by atoms with Crippen molar-refractivity contribution in [2.24, 2.45) is 0 Å². The summed E-state index contributed by atoms with van der Waals surface area (Å²) in [6.07, 6.45) is 13.5. The Balaban J connectivity index is 1.90. The fraction of sp³-hybridized carbons (Fsp3) is 0.682. The Bertz CT molecular complexity index is 637. The highest BCUT2D eigenvalue weighted by Gasteiger charge is 2.14. The fourth-order valence-electron chi connectivity index (χ4n) is 3.09. The van der Waals surface area contributed by atoms with Gasteiger partial charge in [0.05, 0.1) is 11.5 Å². The number of rotatable bonds is 17. The van der Waals surface area contributed by atoms with E-state index in [1.807, 2.05) is 6.92 Å². The molecule has 1 rings (SSSR count). The molecule has 5 nitrogen and oxygen atoms in total. The molecule has 0 aliphatic rings. The quantitative estimate of drug-likeness (QED) is 0.256. The van der Waals surface area contributed by atoms with Gasteiger partial charge in [-0.1, -0.05) is 81.9 Å². The molecule has 0 heterocycles. The first kappa shape index (κ1) is 24.6. The Labute approximate surface area is 170 Å². The third-order valence-electron chi connectivity index (χ3n) is 4.83. The predicted octanol–water partition coefficient (Wildman–Crippen LogP) is 5.86. The van der Waals surface area contributed by atoms with Crippen LogP contribution in [0.4, 0.5) is 0 Å². The minimum absolute atomic E-state index is 0.222. The smallest absolute Gasteiger partial charge is 0.303 e. The van der Waals surface area contributed by atoms with E-state index in [9.17, 15) is 13.2 Å². The van der Waals surface area contributed by atoms with Crippen molar-refractivity contribution in [3.05, 3.63) is 29.8 Å². The Kier molecular flexibility index (Phi) is 12.8. The molecule has 1 aromatic carbocycles. The van der Waals surface area contributed by atoms with E-state index in [1.165, 1.54) is 38.5 Å². The van der Waals surface area contributed by atoms with Crippen molar-refractivity contribution in [3.8, 4) is 0 Å². The maximum Gasteiger partial charge on any atom is 0.303 e. The fourth-order valence-corrected chi connectivity index (χ4v) is 4.03. The normalized spacial score (nSPS) is 11.6. The van der Waals surface area contributed by atoms with Crippen LogP contribution in [0.1, 0.15) is 89.0 Å². The van der Waals surface area contributed by atoms with Crippen molar-refractivity contribution in [2.45, 2.75) is 95.3 Å². The number of benzene rings is 1. The minimum Gasteiger partial charge on any atom is -0.481 e. The van der Waals surface area contributed by atoms with Crippen LogP contribution in [0.5, 0.6) is 0 Å². The van der Waals surface area contributed by atoms with Gasteiger partial charge in [0.25, 0.3) is 10.1 Å². The first-order valence-electron chi connectivity index (χ1n) is 10.6. The maximum atomic E-state index is 12.0. The van der Waals surface area contributed by atoms with Gasteiger partial charge in [-0.25, -0.2) is 0 Å². The molecule has 28 heavy (non-hydrogen) atoms. The van der Waals surface area contributed by atoms with Gasteiger partial charge < -0.3 is 5.11 Å². The summed E-state index contributed by atoms with van der Waals surface area (Å²) < 4.78 is 29.2. The van der Waals surface area contributed by atoms with E-state index in [2.05, 4.69) is 0 Å². The van der Waals surface area contributed by atoms with Crippen molar-refractivity contribution in [1.82, 2.24) is 0 Å². The number of aliphatic carboxylic acids is 1. The van der Waals surface area contributed by atoms with Gasteiger partial charge in [-0.2, -0.15) is 8.42 Å². The lowest BCUT2D eigenvalue weighted by atomic mass is 10.0. The highest BCUT2D eigenvalue weighted by molar-refractivity contribution is 7.86. The second-order valence-corrected chi connectivity index (χ2v) is 9.09. The van der Waals surface area contributed by atoms with Gasteiger partial charge in [0.2, 0.25) is 0 Å². The Hall–Kier alpha value is -1.40. The third kappa shape index (κ3) is 12.1. The molecule has 0 radical (unpaired) electrons. The summed E-state index contributed by atoms with van der Waals surface area (Å²) in [5.74, 6) is -0.695. The van der Waals surface area contributed by atoms with Gasteiger partial charge in [0, 0.05) is 6.42 Å². The lowest BCUT2D eigenvalue weighted by Gasteiger charge is -2.06. The summed E-state index contributed by atoms with van der Waals surface area (Å²) in [5, 5.41) is 8.56. The Morgan fingerprint density at radius 1 is 0.786 bits per heavy atom. The number of unbranched alkanes of at least 4 members (excludes halogenated alkanes) is 11. The molecule has 0 unspecified atom stereocenters. The number of carbonyl (C=O) groups is 1. The molecule has 0 aromatic heterocycles. The van der Waals surface area contributed by atoms with Gasteiger partial charge in [-0.3, -0.25) is 8.98 Å². The van der Waals surface area contributed by atoms with Crippen molar-refractivity contribution in [1.29, 1.82) is 0 Å². The first-order chi connectivity index (χ1) is 13.4. The van der Waals surface area contributed by atoms with Crippen LogP contribution >= 0.6 is 0 Å². The molecule has 0 saturated heterocycles. The van der Waals surface area contributed by atoms with E-state index in [4.69, 9.17) is 9.29 Å². The monoisotopic (exact) mass is 412 g/mol. The Morgan fingerprint density at radius 3 is 1.68 bits per heavy atom.